The Morgan fingerprint density at radius 3 is 2.71 bits per heavy atom. The molecule has 2 heterocycles. The Bertz CT molecular complexity index is 1500. The maximum absolute atomic E-state index is 11.4. The van der Waals surface area contributed by atoms with Crippen molar-refractivity contribution < 1.29 is 14.6 Å². The van der Waals surface area contributed by atoms with E-state index in [9.17, 15) is 9.90 Å². The Balaban J connectivity index is 1.35. The van der Waals surface area contributed by atoms with Crippen LogP contribution in [-0.2, 0) is 16.0 Å². The molecule has 0 amide bonds. The predicted molar refractivity (Wildman–Crippen MR) is 160 cm³/mol. The molecule has 2 aromatic heterocycles. The molecule has 0 unspecified atom stereocenters. The van der Waals surface area contributed by atoms with Gasteiger partial charge in [-0.15, -0.1) is 11.3 Å². The summed E-state index contributed by atoms with van der Waals surface area (Å²) in [7, 11) is 0. The molecular weight excluding hydrogens is 605 g/mol. The van der Waals surface area contributed by atoms with E-state index in [0.29, 0.717) is 21.5 Å². The van der Waals surface area contributed by atoms with Crippen molar-refractivity contribution in [3.8, 4) is 0 Å². The van der Waals surface area contributed by atoms with E-state index in [1.54, 1.807) is 0 Å². The first-order valence-electron chi connectivity index (χ1n) is 12.4. The van der Waals surface area contributed by atoms with Gasteiger partial charge in [-0.3, -0.25) is 4.79 Å². The summed E-state index contributed by atoms with van der Waals surface area (Å²) in [6, 6.07) is 20.4. The van der Waals surface area contributed by atoms with E-state index in [-0.39, 0.29) is 17.9 Å². The molecule has 8 heteroatoms. The third-order valence-electron chi connectivity index (χ3n) is 6.90. The molecule has 1 saturated carbocycles. The highest BCUT2D eigenvalue weighted by Crippen LogP contribution is 2.50. The van der Waals surface area contributed by atoms with Crippen LogP contribution in [0.3, 0.4) is 0 Å². The second-order valence-electron chi connectivity index (χ2n) is 9.78. The number of aliphatic carboxylic acids is 1. The molecule has 0 spiro atoms. The number of hydrogen-bond acceptors (Lipinski definition) is 4. The second-order valence-corrected chi connectivity index (χ2v) is 12.7. The number of benzene rings is 2. The quantitative estimate of drug-likeness (QED) is 0.179. The number of aromatic nitrogens is 1. The molecule has 4 aromatic rings. The van der Waals surface area contributed by atoms with Crippen LogP contribution in [0.4, 0.5) is 0 Å². The minimum Gasteiger partial charge on any atom is -0.481 e. The summed E-state index contributed by atoms with van der Waals surface area (Å²) >= 11 is 17.5. The van der Waals surface area contributed by atoms with Gasteiger partial charge in [0.15, 0.2) is 0 Å². The Hall–Kier alpha value is -2.22. The minimum atomic E-state index is -0.763. The van der Waals surface area contributed by atoms with E-state index in [1.807, 2.05) is 54.6 Å². The Labute approximate surface area is 244 Å². The van der Waals surface area contributed by atoms with Crippen molar-refractivity contribution in [2.75, 3.05) is 6.61 Å². The van der Waals surface area contributed by atoms with E-state index in [1.165, 1.54) is 16.9 Å². The van der Waals surface area contributed by atoms with E-state index in [4.69, 9.17) is 27.9 Å². The van der Waals surface area contributed by atoms with E-state index in [0.717, 1.165) is 51.7 Å². The van der Waals surface area contributed by atoms with Gasteiger partial charge in [-0.1, -0.05) is 81.6 Å². The van der Waals surface area contributed by atoms with Crippen molar-refractivity contribution in [3.05, 3.63) is 96.9 Å². The minimum absolute atomic E-state index is 0.150. The van der Waals surface area contributed by atoms with Crippen LogP contribution < -0.4 is 0 Å². The number of pyridine rings is 1. The van der Waals surface area contributed by atoms with E-state index < -0.39 is 5.97 Å². The fourth-order valence-corrected chi connectivity index (χ4v) is 6.45. The van der Waals surface area contributed by atoms with Gasteiger partial charge in [0.25, 0.3) is 0 Å². The largest absolute Gasteiger partial charge is 0.481 e. The molecule has 1 atom stereocenters. The molecule has 196 valence electrons. The fraction of sp³-hybridized carbons (Fsp3) is 0.267. The number of carboxylic acid groups (broad SMARTS) is 1. The van der Waals surface area contributed by atoms with Crippen LogP contribution in [0.15, 0.2) is 65.1 Å². The normalized spacial score (nSPS) is 15.2. The SMILES string of the molecule is O=C(O)CC1(CO[C@H](CCc2ccccc2Br)c2cccc(C=Cc3ccc4sc(Cl)c(Cl)c4n3)c2)CC1. The molecule has 1 aliphatic carbocycles. The van der Waals surface area contributed by atoms with Crippen LogP contribution in [0.2, 0.25) is 9.36 Å². The first kappa shape index (κ1) is 27.4. The standard InChI is InChI=1S/C30H26BrCl2NO3S/c31-23-7-2-1-5-20(23)9-12-24(37-18-30(14-15-30)17-26(35)36)21-6-3-4-19(16-21)8-10-22-11-13-25-28(34-22)27(32)29(33)38-25/h1-8,10-11,13,16,24H,9,12,14-15,17-18H2,(H,35,36)/t24-/m1/s1. The third-order valence-corrected chi connectivity index (χ3v) is 9.60. The smallest absolute Gasteiger partial charge is 0.303 e. The summed E-state index contributed by atoms with van der Waals surface area (Å²) in [5.41, 5.74) is 4.60. The zero-order valence-electron chi connectivity index (χ0n) is 20.5. The lowest BCUT2D eigenvalue weighted by molar-refractivity contribution is -0.139. The summed E-state index contributed by atoms with van der Waals surface area (Å²) in [6.45, 7) is 0.452. The number of nitrogens with zero attached hydrogens (tertiary/aromatic N) is 1. The molecule has 1 N–H and O–H groups in total. The van der Waals surface area contributed by atoms with Crippen molar-refractivity contribution in [2.24, 2.45) is 5.41 Å². The number of halogens is 3. The molecule has 2 aromatic carbocycles. The number of hydrogen-bond donors (Lipinski definition) is 1. The predicted octanol–water partition coefficient (Wildman–Crippen LogP) is 9.48. The van der Waals surface area contributed by atoms with Crippen molar-refractivity contribution in [3.63, 3.8) is 0 Å². The molecular formula is C30H26BrCl2NO3S. The Kier molecular flexibility index (Phi) is 8.56. The maximum atomic E-state index is 11.4. The summed E-state index contributed by atoms with van der Waals surface area (Å²) in [5, 5.41) is 9.82. The summed E-state index contributed by atoms with van der Waals surface area (Å²) in [5.74, 6) is -0.763. The highest BCUT2D eigenvalue weighted by molar-refractivity contribution is 9.10. The van der Waals surface area contributed by atoms with Gasteiger partial charge in [0.1, 0.15) is 9.85 Å². The third kappa shape index (κ3) is 6.67. The average Bonchev–Trinajstić information content (AvgIpc) is 3.60. The van der Waals surface area contributed by atoms with Crippen molar-refractivity contribution in [1.29, 1.82) is 0 Å². The second kappa shape index (κ2) is 11.9. The lowest BCUT2D eigenvalue weighted by Gasteiger charge is -2.22. The van der Waals surface area contributed by atoms with Gasteiger partial charge in [0.2, 0.25) is 0 Å². The van der Waals surface area contributed by atoms with Crippen molar-refractivity contribution in [2.45, 2.75) is 38.2 Å². The molecule has 0 bridgehead atoms. The highest BCUT2D eigenvalue weighted by atomic mass is 79.9. The molecule has 0 saturated heterocycles. The van der Waals surface area contributed by atoms with Gasteiger partial charge in [0.05, 0.1) is 34.5 Å². The topological polar surface area (TPSA) is 59.4 Å². The first-order valence-corrected chi connectivity index (χ1v) is 14.8. The van der Waals surface area contributed by atoms with Crippen molar-refractivity contribution in [1.82, 2.24) is 4.98 Å². The molecule has 1 aliphatic rings. The van der Waals surface area contributed by atoms with Gasteiger partial charge in [-0.2, -0.15) is 0 Å². The Morgan fingerprint density at radius 2 is 1.95 bits per heavy atom. The maximum Gasteiger partial charge on any atom is 0.303 e. The highest BCUT2D eigenvalue weighted by Gasteiger charge is 2.45. The van der Waals surface area contributed by atoms with Crippen LogP contribution in [0, 0.1) is 5.41 Å². The summed E-state index contributed by atoms with van der Waals surface area (Å²) < 4.78 is 9.05. The number of aryl methyl sites for hydroxylation is 1. The number of carbonyl (C=O) groups is 1. The summed E-state index contributed by atoms with van der Waals surface area (Å²) in [6.07, 6.45) is 7.42. The fourth-order valence-electron chi connectivity index (χ4n) is 4.55. The number of rotatable bonds is 11. The molecule has 38 heavy (non-hydrogen) atoms. The van der Waals surface area contributed by atoms with Gasteiger partial charge in [-0.25, -0.2) is 4.98 Å². The monoisotopic (exact) mass is 629 g/mol. The Morgan fingerprint density at radius 1 is 1.13 bits per heavy atom. The van der Waals surface area contributed by atoms with E-state index >= 15 is 0 Å². The zero-order chi connectivity index (χ0) is 26.7. The van der Waals surface area contributed by atoms with Crippen LogP contribution in [-0.4, -0.2) is 22.7 Å². The van der Waals surface area contributed by atoms with Gasteiger partial charge >= 0.3 is 5.97 Å². The molecule has 0 radical (unpaired) electrons. The molecule has 4 nitrogen and oxygen atoms in total. The van der Waals surface area contributed by atoms with Gasteiger partial charge < -0.3 is 9.84 Å². The molecule has 0 aliphatic heterocycles. The van der Waals surface area contributed by atoms with Crippen molar-refractivity contribution >= 4 is 78.8 Å². The van der Waals surface area contributed by atoms with Crippen LogP contribution in [0.5, 0.6) is 0 Å². The number of fused-ring (bicyclic) bond motifs is 1. The molecule has 5 rings (SSSR count). The molecule has 1 fully saturated rings. The lowest BCUT2D eigenvalue weighted by Crippen LogP contribution is -2.18. The van der Waals surface area contributed by atoms with Crippen LogP contribution in [0.1, 0.15) is 54.2 Å². The van der Waals surface area contributed by atoms with Crippen LogP contribution in [0.25, 0.3) is 22.4 Å². The summed E-state index contributed by atoms with van der Waals surface area (Å²) in [4.78, 5) is 16.0. The number of thiophene rings is 1. The first-order chi connectivity index (χ1) is 18.3. The number of ether oxygens (including phenoxy) is 1. The average molecular weight is 631 g/mol. The van der Waals surface area contributed by atoms with Gasteiger partial charge in [0, 0.05) is 9.89 Å². The zero-order valence-corrected chi connectivity index (χ0v) is 24.4. The van der Waals surface area contributed by atoms with E-state index in [2.05, 4.69) is 39.1 Å². The number of carboxylic acids is 1. The lowest BCUT2D eigenvalue weighted by atomic mass is 9.98. The van der Waals surface area contributed by atoms with Crippen LogP contribution >= 0.6 is 50.5 Å². The van der Waals surface area contributed by atoms with Gasteiger partial charge in [-0.05, 0) is 72.7 Å².